The molecule has 3 nitrogen and oxygen atoms in total. The van der Waals surface area contributed by atoms with E-state index in [0.717, 1.165) is 29.5 Å². The fourth-order valence-corrected chi connectivity index (χ4v) is 3.85. The zero-order valence-corrected chi connectivity index (χ0v) is 13.1. The summed E-state index contributed by atoms with van der Waals surface area (Å²) in [6.07, 6.45) is 3.45. The van der Waals surface area contributed by atoms with Crippen molar-refractivity contribution in [3.05, 3.63) is 20.8 Å². The topological polar surface area (TPSA) is 55.1 Å². The van der Waals surface area contributed by atoms with Crippen LogP contribution >= 0.6 is 39.5 Å². The Morgan fingerprint density at radius 3 is 2.72 bits per heavy atom. The molecule has 0 radical (unpaired) electrons. The SMILES string of the molecule is NC(=S)C1(C(=O)NCCc2ccc(Br)s2)CCC1. The number of nitrogens with two attached hydrogens (primary N) is 1. The van der Waals surface area contributed by atoms with Gasteiger partial charge in [0.1, 0.15) is 0 Å². The van der Waals surface area contributed by atoms with Gasteiger partial charge in [0.05, 0.1) is 14.2 Å². The van der Waals surface area contributed by atoms with Crippen LogP contribution in [-0.2, 0) is 11.2 Å². The van der Waals surface area contributed by atoms with E-state index in [1.165, 1.54) is 4.88 Å². The van der Waals surface area contributed by atoms with Gasteiger partial charge in [0, 0.05) is 11.4 Å². The van der Waals surface area contributed by atoms with Gasteiger partial charge in [-0.2, -0.15) is 0 Å². The highest BCUT2D eigenvalue weighted by molar-refractivity contribution is 9.11. The summed E-state index contributed by atoms with van der Waals surface area (Å²) in [6.45, 7) is 0.635. The standard InChI is InChI=1S/C12H15BrN2OS2/c13-9-3-2-8(18-9)4-7-15-11(16)12(10(14)17)5-1-6-12/h2-3H,1,4-7H2,(H2,14,17)(H,15,16). The summed E-state index contributed by atoms with van der Waals surface area (Å²) in [5, 5.41) is 2.95. The largest absolute Gasteiger partial charge is 0.392 e. The zero-order valence-electron chi connectivity index (χ0n) is 9.87. The van der Waals surface area contributed by atoms with Crippen molar-refractivity contribution in [2.24, 2.45) is 11.1 Å². The summed E-state index contributed by atoms with van der Waals surface area (Å²) in [5.74, 6) is -0.00290. The van der Waals surface area contributed by atoms with Gasteiger partial charge in [-0.15, -0.1) is 11.3 Å². The van der Waals surface area contributed by atoms with Crippen LogP contribution in [0, 0.1) is 5.41 Å². The van der Waals surface area contributed by atoms with E-state index >= 15 is 0 Å². The lowest BCUT2D eigenvalue weighted by Crippen LogP contribution is -2.53. The highest BCUT2D eigenvalue weighted by Crippen LogP contribution is 2.41. The predicted molar refractivity (Wildman–Crippen MR) is 81.8 cm³/mol. The maximum absolute atomic E-state index is 12.1. The average Bonchev–Trinajstić information content (AvgIpc) is 2.61. The van der Waals surface area contributed by atoms with E-state index in [2.05, 4.69) is 27.3 Å². The third kappa shape index (κ3) is 2.75. The molecule has 0 aliphatic heterocycles. The van der Waals surface area contributed by atoms with Gasteiger partial charge in [-0.3, -0.25) is 4.79 Å². The first-order valence-electron chi connectivity index (χ1n) is 5.87. The zero-order chi connectivity index (χ0) is 13.2. The van der Waals surface area contributed by atoms with Crippen molar-refractivity contribution in [1.82, 2.24) is 5.32 Å². The summed E-state index contributed by atoms with van der Waals surface area (Å²) in [4.78, 5) is 13.7. The summed E-state index contributed by atoms with van der Waals surface area (Å²) in [5.41, 5.74) is 5.12. The molecule has 18 heavy (non-hydrogen) atoms. The molecule has 0 spiro atoms. The second-order valence-electron chi connectivity index (χ2n) is 4.51. The maximum atomic E-state index is 12.1. The number of amides is 1. The second-order valence-corrected chi connectivity index (χ2v) is 7.50. The van der Waals surface area contributed by atoms with Crippen molar-refractivity contribution in [2.45, 2.75) is 25.7 Å². The van der Waals surface area contributed by atoms with Crippen molar-refractivity contribution in [3.8, 4) is 0 Å². The maximum Gasteiger partial charge on any atom is 0.233 e. The third-order valence-corrected chi connectivity index (χ3v) is 5.47. The first-order valence-corrected chi connectivity index (χ1v) is 7.89. The molecule has 0 atom stereocenters. The molecule has 3 N–H and O–H groups in total. The van der Waals surface area contributed by atoms with Crippen LogP contribution in [0.1, 0.15) is 24.1 Å². The van der Waals surface area contributed by atoms with Crippen LogP contribution in [0.2, 0.25) is 0 Å². The molecular weight excluding hydrogens is 332 g/mol. The molecule has 6 heteroatoms. The van der Waals surface area contributed by atoms with Crippen LogP contribution in [0.25, 0.3) is 0 Å². The Morgan fingerprint density at radius 1 is 1.56 bits per heavy atom. The van der Waals surface area contributed by atoms with Crippen LogP contribution in [0.5, 0.6) is 0 Å². The molecule has 1 aliphatic carbocycles. The fraction of sp³-hybridized carbons (Fsp3) is 0.500. The number of nitrogens with one attached hydrogen (secondary N) is 1. The van der Waals surface area contributed by atoms with Gasteiger partial charge in [-0.05, 0) is 47.3 Å². The van der Waals surface area contributed by atoms with Gasteiger partial charge in [0.2, 0.25) is 5.91 Å². The summed E-state index contributed by atoms with van der Waals surface area (Å²) >= 11 is 10.1. The van der Waals surface area contributed by atoms with Gasteiger partial charge >= 0.3 is 0 Å². The monoisotopic (exact) mass is 346 g/mol. The number of carbonyl (C=O) groups excluding carboxylic acids is 1. The van der Waals surface area contributed by atoms with Crippen molar-refractivity contribution < 1.29 is 4.79 Å². The van der Waals surface area contributed by atoms with E-state index in [9.17, 15) is 4.79 Å². The molecule has 1 fully saturated rings. The number of carbonyl (C=O) groups is 1. The van der Waals surface area contributed by atoms with Crippen molar-refractivity contribution >= 4 is 50.4 Å². The molecule has 98 valence electrons. The van der Waals surface area contributed by atoms with Crippen molar-refractivity contribution in [2.75, 3.05) is 6.54 Å². The molecular formula is C12H15BrN2OS2. The Kier molecular flexibility index (Phi) is 4.40. The Bertz CT molecular complexity index is 468. The Hall–Kier alpha value is -0.460. The van der Waals surface area contributed by atoms with Gasteiger partial charge in [-0.25, -0.2) is 0 Å². The molecule has 1 amide bonds. The fourth-order valence-electron chi connectivity index (χ4n) is 2.07. The molecule has 0 aromatic carbocycles. The van der Waals surface area contributed by atoms with E-state index in [0.29, 0.717) is 11.5 Å². The quantitative estimate of drug-likeness (QED) is 0.805. The van der Waals surface area contributed by atoms with Crippen LogP contribution < -0.4 is 11.1 Å². The Labute approximate surface area is 124 Å². The molecule has 1 heterocycles. The molecule has 0 saturated heterocycles. The number of hydrogen-bond acceptors (Lipinski definition) is 3. The van der Waals surface area contributed by atoms with Crippen molar-refractivity contribution in [1.29, 1.82) is 0 Å². The second kappa shape index (κ2) is 5.67. The van der Waals surface area contributed by atoms with Gasteiger partial charge < -0.3 is 11.1 Å². The minimum atomic E-state index is -0.564. The molecule has 1 aromatic heterocycles. The minimum Gasteiger partial charge on any atom is -0.392 e. The molecule has 2 rings (SSSR count). The summed E-state index contributed by atoms with van der Waals surface area (Å²) < 4.78 is 1.11. The lowest BCUT2D eigenvalue weighted by molar-refractivity contribution is -0.130. The predicted octanol–water partition coefficient (Wildman–Crippen LogP) is 2.63. The smallest absolute Gasteiger partial charge is 0.233 e. The first-order chi connectivity index (χ1) is 8.54. The van der Waals surface area contributed by atoms with Gasteiger partial charge in [0.25, 0.3) is 0 Å². The Morgan fingerprint density at radius 2 is 2.28 bits per heavy atom. The average molecular weight is 347 g/mol. The number of thiocarbonyl (C=S) groups is 1. The summed E-state index contributed by atoms with van der Waals surface area (Å²) in [7, 11) is 0. The summed E-state index contributed by atoms with van der Waals surface area (Å²) in [6, 6.07) is 4.08. The highest BCUT2D eigenvalue weighted by Gasteiger charge is 2.46. The number of hydrogen-bond donors (Lipinski definition) is 2. The van der Waals surface area contributed by atoms with E-state index in [1.54, 1.807) is 11.3 Å². The number of halogens is 1. The van der Waals surface area contributed by atoms with E-state index in [4.69, 9.17) is 18.0 Å². The molecule has 1 aromatic rings. The van der Waals surface area contributed by atoms with Crippen LogP contribution in [0.4, 0.5) is 0 Å². The van der Waals surface area contributed by atoms with E-state index in [-0.39, 0.29) is 5.91 Å². The lowest BCUT2D eigenvalue weighted by Gasteiger charge is -2.39. The lowest BCUT2D eigenvalue weighted by atomic mass is 9.68. The van der Waals surface area contributed by atoms with Gasteiger partial charge in [-0.1, -0.05) is 18.6 Å². The highest BCUT2D eigenvalue weighted by atomic mass is 79.9. The minimum absolute atomic E-state index is 0.00290. The first kappa shape index (κ1) is 14.0. The van der Waals surface area contributed by atoms with Crippen LogP contribution in [-0.4, -0.2) is 17.4 Å². The van der Waals surface area contributed by atoms with Crippen LogP contribution in [0.3, 0.4) is 0 Å². The molecule has 0 bridgehead atoms. The van der Waals surface area contributed by atoms with E-state index < -0.39 is 5.41 Å². The normalized spacial score (nSPS) is 16.9. The van der Waals surface area contributed by atoms with Crippen LogP contribution in [0.15, 0.2) is 15.9 Å². The molecule has 1 aliphatic rings. The number of rotatable bonds is 5. The third-order valence-electron chi connectivity index (χ3n) is 3.40. The number of thiophene rings is 1. The van der Waals surface area contributed by atoms with Gasteiger partial charge in [0.15, 0.2) is 0 Å². The molecule has 1 saturated carbocycles. The molecule has 0 unspecified atom stereocenters. The van der Waals surface area contributed by atoms with Crippen molar-refractivity contribution in [3.63, 3.8) is 0 Å². The Balaban J connectivity index is 1.83. The van der Waals surface area contributed by atoms with E-state index in [1.807, 2.05) is 6.07 Å².